The quantitative estimate of drug-likeness (QED) is 0.223. The van der Waals surface area contributed by atoms with E-state index in [9.17, 15) is 4.79 Å². The van der Waals surface area contributed by atoms with E-state index in [0.717, 1.165) is 25.1 Å². The van der Waals surface area contributed by atoms with E-state index in [0.29, 0.717) is 19.1 Å². The van der Waals surface area contributed by atoms with Gasteiger partial charge in [-0.2, -0.15) is 0 Å². The number of benzene rings is 2. The number of nitrogens with one attached hydrogen (secondary N) is 2. The minimum atomic E-state index is -0.0310. The first kappa shape index (κ1) is 24.7. The summed E-state index contributed by atoms with van der Waals surface area (Å²) in [6.07, 6.45) is 1.72. The monoisotopic (exact) mass is 510 g/mol. The van der Waals surface area contributed by atoms with E-state index in [1.54, 1.807) is 19.0 Å². The topological polar surface area (TPSA) is 66.0 Å². The van der Waals surface area contributed by atoms with E-state index >= 15 is 0 Å². The van der Waals surface area contributed by atoms with Crippen molar-refractivity contribution in [2.24, 2.45) is 4.99 Å². The molecule has 0 saturated heterocycles. The van der Waals surface area contributed by atoms with Crippen LogP contribution in [-0.2, 0) is 11.2 Å². The second-order valence-electron chi connectivity index (χ2n) is 6.56. The number of aliphatic imine (C=N–C) groups is 1. The van der Waals surface area contributed by atoms with E-state index in [2.05, 4.69) is 27.8 Å². The molecular weight excluding hydrogens is 479 g/mol. The van der Waals surface area contributed by atoms with Crippen molar-refractivity contribution >= 4 is 35.8 Å². The van der Waals surface area contributed by atoms with Crippen molar-refractivity contribution < 1.29 is 9.53 Å². The minimum absolute atomic E-state index is 0. The first-order valence-corrected chi connectivity index (χ1v) is 9.59. The van der Waals surface area contributed by atoms with Crippen LogP contribution in [-0.4, -0.2) is 57.1 Å². The summed E-state index contributed by atoms with van der Waals surface area (Å²) >= 11 is 0. The van der Waals surface area contributed by atoms with Gasteiger partial charge in [-0.1, -0.05) is 48.5 Å². The van der Waals surface area contributed by atoms with Gasteiger partial charge in [0.1, 0.15) is 12.3 Å². The standard InChI is InChI=1S/C22H30N4O2.HI/c1-26(2)21(27)18-25-22(24-16-14-19-10-5-3-6-11-19)23-15-9-17-28-20-12-7-4-8-13-20;/h3-8,10-13H,9,14-18H2,1-2H3,(H2,23,24,25);1H. The molecule has 1 amide bonds. The molecule has 6 nitrogen and oxygen atoms in total. The third kappa shape index (κ3) is 10.7. The Morgan fingerprint density at radius 1 is 0.966 bits per heavy atom. The van der Waals surface area contributed by atoms with Crippen molar-refractivity contribution in [2.45, 2.75) is 12.8 Å². The smallest absolute Gasteiger partial charge is 0.243 e. The molecule has 0 unspecified atom stereocenters. The summed E-state index contributed by atoms with van der Waals surface area (Å²) in [4.78, 5) is 17.8. The number of carbonyl (C=O) groups is 1. The van der Waals surface area contributed by atoms with Gasteiger partial charge in [-0.25, -0.2) is 4.99 Å². The summed E-state index contributed by atoms with van der Waals surface area (Å²) in [5.74, 6) is 1.48. The van der Waals surface area contributed by atoms with Gasteiger partial charge in [0.05, 0.1) is 6.61 Å². The number of hydrogen-bond acceptors (Lipinski definition) is 3. The molecule has 0 saturated carbocycles. The Hall–Kier alpha value is -2.29. The van der Waals surface area contributed by atoms with Crippen molar-refractivity contribution in [3.8, 4) is 5.75 Å². The maximum atomic E-state index is 11.8. The lowest BCUT2D eigenvalue weighted by atomic mass is 10.1. The Bertz CT molecular complexity index is 724. The number of ether oxygens (including phenoxy) is 1. The Labute approximate surface area is 190 Å². The van der Waals surface area contributed by atoms with Gasteiger partial charge in [0.25, 0.3) is 0 Å². The molecule has 0 aliphatic heterocycles. The predicted molar refractivity (Wildman–Crippen MR) is 129 cm³/mol. The SMILES string of the molecule is CN(C)C(=O)CN=C(NCCCOc1ccccc1)NCCc1ccccc1.I. The first-order valence-electron chi connectivity index (χ1n) is 9.59. The van der Waals surface area contributed by atoms with Crippen LogP contribution in [0.2, 0.25) is 0 Å². The molecular formula is C22H31IN4O2. The van der Waals surface area contributed by atoms with E-state index in [4.69, 9.17) is 4.74 Å². The predicted octanol–water partition coefficient (Wildman–Crippen LogP) is 2.94. The van der Waals surface area contributed by atoms with Crippen LogP contribution < -0.4 is 15.4 Å². The van der Waals surface area contributed by atoms with Gasteiger partial charge >= 0.3 is 0 Å². The molecule has 29 heavy (non-hydrogen) atoms. The highest BCUT2D eigenvalue weighted by Gasteiger charge is 2.04. The van der Waals surface area contributed by atoms with Crippen LogP contribution in [0.4, 0.5) is 0 Å². The number of rotatable bonds is 10. The minimum Gasteiger partial charge on any atom is -0.494 e. The number of carbonyl (C=O) groups excluding carboxylic acids is 1. The fraction of sp³-hybridized carbons (Fsp3) is 0.364. The summed E-state index contributed by atoms with van der Waals surface area (Å²) in [6, 6.07) is 20.0. The Balaban J connectivity index is 0.00000420. The van der Waals surface area contributed by atoms with Crippen molar-refractivity contribution in [3.63, 3.8) is 0 Å². The zero-order valence-electron chi connectivity index (χ0n) is 17.1. The van der Waals surface area contributed by atoms with Gasteiger partial charge < -0.3 is 20.3 Å². The van der Waals surface area contributed by atoms with Gasteiger partial charge in [0.2, 0.25) is 5.91 Å². The molecule has 0 atom stereocenters. The van der Waals surface area contributed by atoms with Gasteiger partial charge in [0.15, 0.2) is 5.96 Å². The van der Waals surface area contributed by atoms with Crippen LogP contribution in [0.25, 0.3) is 0 Å². The average Bonchev–Trinajstić information content (AvgIpc) is 2.72. The first-order chi connectivity index (χ1) is 13.6. The van der Waals surface area contributed by atoms with E-state index in [1.807, 2.05) is 48.5 Å². The number of likely N-dealkylation sites (N-methyl/N-ethyl adjacent to an activating group) is 1. The molecule has 0 aliphatic carbocycles. The lowest BCUT2D eigenvalue weighted by molar-refractivity contribution is -0.127. The summed E-state index contributed by atoms with van der Waals surface area (Å²) in [5, 5.41) is 6.57. The third-order valence-electron chi connectivity index (χ3n) is 4.05. The third-order valence-corrected chi connectivity index (χ3v) is 4.05. The highest BCUT2D eigenvalue weighted by molar-refractivity contribution is 14.0. The molecule has 2 N–H and O–H groups in total. The number of halogens is 1. The van der Waals surface area contributed by atoms with E-state index in [1.165, 1.54) is 5.56 Å². The van der Waals surface area contributed by atoms with Gasteiger partial charge in [-0.3, -0.25) is 4.79 Å². The molecule has 2 rings (SSSR count). The van der Waals surface area contributed by atoms with E-state index < -0.39 is 0 Å². The molecule has 158 valence electrons. The van der Waals surface area contributed by atoms with Crippen molar-refractivity contribution in [1.82, 2.24) is 15.5 Å². The Morgan fingerprint density at radius 2 is 1.59 bits per heavy atom. The average molecular weight is 510 g/mol. The summed E-state index contributed by atoms with van der Waals surface area (Å²) in [5.41, 5.74) is 1.26. The highest BCUT2D eigenvalue weighted by atomic mass is 127. The van der Waals surface area contributed by atoms with Crippen LogP contribution in [0.5, 0.6) is 5.75 Å². The Morgan fingerprint density at radius 3 is 2.24 bits per heavy atom. The molecule has 0 aliphatic rings. The molecule has 2 aromatic carbocycles. The zero-order chi connectivity index (χ0) is 20.0. The number of amides is 1. The van der Waals surface area contributed by atoms with Gasteiger partial charge in [-0.15, -0.1) is 24.0 Å². The largest absolute Gasteiger partial charge is 0.494 e. The van der Waals surface area contributed by atoms with Crippen LogP contribution in [0.3, 0.4) is 0 Å². The Kier molecular flexibility index (Phi) is 12.5. The van der Waals surface area contributed by atoms with Crippen LogP contribution in [0.1, 0.15) is 12.0 Å². The molecule has 2 aromatic rings. The summed E-state index contributed by atoms with van der Waals surface area (Å²) in [7, 11) is 3.46. The van der Waals surface area contributed by atoms with Crippen molar-refractivity contribution in [1.29, 1.82) is 0 Å². The maximum Gasteiger partial charge on any atom is 0.243 e. The normalized spacial score (nSPS) is 10.6. The molecule has 7 heteroatoms. The van der Waals surface area contributed by atoms with Crippen molar-refractivity contribution in [3.05, 3.63) is 66.2 Å². The molecule has 0 bridgehead atoms. The fourth-order valence-electron chi connectivity index (χ4n) is 2.42. The second-order valence-corrected chi connectivity index (χ2v) is 6.56. The van der Waals surface area contributed by atoms with Gasteiger partial charge in [0, 0.05) is 27.2 Å². The van der Waals surface area contributed by atoms with Gasteiger partial charge in [-0.05, 0) is 30.5 Å². The number of guanidine groups is 1. The number of para-hydroxylation sites is 1. The second kappa shape index (κ2) is 14.7. The van der Waals surface area contributed by atoms with Crippen LogP contribution in [0, 0.1) is 0 Å². The molecule has 0 spiro atoms. The number of nitrogens with zero attached hydrogens (tertiary/aromatic N) is 2. The van der Waals surface area contributed by atoms with Crippen LogP contribution >= 0.6 is 24.0 Å². The summed E-state index contributed by atoms with van der Waals surface area (Å²) in [6.45, 7) is 2.19. The maximum absolute atomic E-state index is 11.8. The highest BCUT2D eigenvalue weighted by Crippen LogP contribution is 2.08. The zero-order valence-corrected chi connectivity index (χ0v) is 19.5. The molecule has 0 aromatic heterocycles. The van der Waals surface area contributed by atoms with Crippen molar-refractivity contribution in [2.75, 3.05) is 40.3 Å². The lowest BCUT2D eigenvalue weighted by Crippen LogP contribution is -2.40. The molecule has 0 fully saturated rings. The van der Waals surface area contributed by atoms with Crippen LogP contribution in [0.15, 0.2) is 65.7 Å². The summed E-state index contributed by atoms with van der Waals surface area (Å²) < 4.78 is 5.70. The molecule has 0 heterocycles. The number of hydrogen-bond donors (Lipinski definition) is 2. The fourth-order valence-corrected chi connectivity index (χ4v) is 2.42. The van der Waals surface area contributed by atoms with E-state index in [-0.39, 0.29) is 36.4 Å². The lowest BCUT2D eigenvalue weighted by Gasteiger charge is -2.14. The molecule has 0 radical (unpaired) electrons.